The SMILES string of the molecule is CN1CCC2Cc3ccc(O)c4c3C13C2C=CC(O)C3O4. The maximum absolute atomic E-state index is 10.5. The number of benzene rings is 1. The molecule has 4 nitrogen and oxygen atoms in total. The topological polar surface area (TPSA) is 52.9 Å². The van der Waals surface area contributed by atoms with Crippen molar-refractivity contribution in [3.8, 4) is 11.5 Å². The molecule has 2 aliphatic carbocycles. The summed E-state index contributed by atoms with van der Waals surface area (Å²) in [4.78, 5) is 2.35. The number of aromatic hydroxyl groups is 1. The molecule has 4 heteroatoms. The number of rotatable bonds is 0. The minimum Gasteiger partial charge on any atom is -0.504 e. The number of hydrogen-bond acceptors (Lipinski definition) is 4. The maximum atomic E-state index is 10.5. The average molecular weight is 285 g/mol. The van der Waals surface area contributed by atoms with E-state index >= 15 is 0 Å². The lowest BCUT2D eigenvalue weighted by Gasteiger charge is -2.58. The molecule has 1 aromatic carbocycles. The van der Waals surface area contributed by atoms with E-state index < -0.39 is 6.10 Å². The first-order chi connectivity index (χ1) is 10.1. The fraction of sp³-hybridized carbons (Fsp3) is 0.529. The highest BCUT2D eigenvalue weighted by atomic mass is 16.5. The summed E-state index contributed by atoms with van der Waals surface area (Å²) in [6.45, 7) is 1.01. The second kappa shape index (κ2) is 3.62. The second-order valence-corrected chi connectivity index (χ2v) is 6.89. The van der Waals surface area contributed by atoms with Crippen LogP contribution in [0.3, 0.4) is 0 Å². The van der Waals surface area contributed by atoms with E-state index in [9.17, 15) is 10.2 Å². The van der Waals surface area contributed by atoms with E-state index in [-0.39, 0.29) is 17.4 Å². The van der Waals surface area contributed by atoms with Gasteiger partial charge in [0.1, 0.15) is 6.10 Å². The molecule has 5 atom stereocenters. The summed E-state index contributed by atoms with van der Waals surface area (Å²) in [5, 5.41) is 20.7. The fourth-order valence-electron chi connectivity index (χ4n) is 5.28. The van der Waals surface area contributed by atoms with Crippen LogP contribution >= 0.6 is 0 Å². The van der Waals surface area contributed by atoms with Crippen LogP contribution in [0, 0.1) is 11.8 Å². The Morgan fingerprint density at radius 2 is 2.19 bits per heavy atom. The third-order valence-corrected chi connectivity index (χ3v) is 6.09. The molecule has 5 rings (SSSR count). The van der Waals surface area contributed by atoms with Crippen LogP contribution in [0.5, 0.6) is 11.5 Å². The van der Waals surface area contributed by atoms with Crippen molar-refractivity contribution < 1.29 is 14.9 Å². The molecule has 21 heavy (non-hydrogen) atoms. The number of likely N-dealkylation sites (N-methyl/N-ethyl adjacent to an activating group) is 1. The zero-order chi connectivity index (χ0) is 14.4. The van der Waals surface area contributed by atoms with Gasteiger partial charge in [0, 0.05) is 11.5 Å². The van der Waals surface area contributed by atoms with E-state index in [0.717, 1.165) is 18.5 Å². The second-order valence-electron chi connectivity index (χ2n) is 6.89. The number of phenols is 1. The largest absolute Gasteiger partial charge is 0.504 e. The average Bonchev–Trinajstić information content (AvgIpc) is 2.84. The molecule has 2 heterocycles. The maximum Gasteiger partial charge on any atom is 0.167 e. The molecule has 1 spiro atoms. The number of aliphatic hydroxyl groups excluding tert-OH is 1. The molecule has 4 aliphatic rings. The summed E-state index contributed by atoms with van der Waals surface area (Å²) < 4.78 is 6.10. The number of nitrogens with zero attached hydrogens (tertiary/aromatic N) is 1. The first-order valence-corrected chi connectivity index (χ1v) is 7.73. The molecule has 1 aromatic rings. The Morgan fingerprint density at radius 1 is 1.33 bits per heavy atom. The van der Waals surface area contributed by atoms with Crippen LogP contribution in [0.15, 0.2) is 24.3 Å². The molecule has 0 aromatic heterocycles. The highest BCUT2D eigenvalue weighted by molar-refractivity contribution is 5.60. The van der Waals surface area contributed by atoms with E-state index in [1.165, 1.54) is 12.0 Å². The Kier molecular flexibility index (Phi) is 2.08. The van der Waals surface area contributed by atoms with Crippen molar-refractivity contribution >= 4 is 0 Å². The summed E-state index contributed by atoms with van der Waals surface area (Å²) in [5.74, 6) is 1.75. The monoisotopic (exact) mass is 285 g/mol. The molecule has 0 saturated carbocycles. The van der Waals surface area contributed by atoms with E-state index in [2.05, 4.69) is 18.0 Å². The molecule has 2 bridgehead atoms. The Bertz CT molecular complexity index is 670. The highest BCUT2D eigenvalue weighted by Gasteiger charge is 2.65. The summed E-state index contributed by atoms with van der Waals surface area (Å²) in [5.41, 5.74) is 2.10. The predicted molar refractivity (Wildman–Crippen MR) is 77.3 cm³/mol. The third kappa shape index (κ3) is 1.17. The summed E-state index contributed by atoms with van der Waals surface area (Å²) >= 11 is 0. The van der Waals surface area contributed by atoms with Gasteiger partial charge in [0.05, 0.1) is 5.54 Å². The van der Waals surface area contributed by atoms with Gasteiger partial charge >= 0.3 is 0 Å². The minimum atomic E-state index is -0.625. The zero-order valence-electron chi connectivity index (χ0n) is 12.0. The first-order valence-electron chi connectivity index (χ1n) is 7.73. The molecule has 5 unspecified atom stereocenters. The van der Waals surface area contributed by atoms with Gasteiger partial charge in [-0.15, -0.1) is 0 Å². The van der Waals surface area contributed by atoms with Gasteiger partial charge in [-0.25, -0.2) is 0 Å². The van der Waals surface area contributed by atoms with E-state index in [1.54, 1.807) is 6.07 Å². The molecular weight excluding hydrogens is 266 g/mol. The smallest absolute Gasteiger partial charge is 0.167 e. The molecule has 0 radical (unpaired) electrons. The van der Waals surface area contributed by atoms with E-state index in [4.69, 9.17) is 4.74 Å². The van der Waals surface area contributed by atoms with Gasteiger partial charge in [0.2, 0.25) is 0 Å². The van der Waals surface area contributed by atoms with Gasteiger partial charge in [-0.05, 0) is 44.0 Å². The van der Waals surface area contributed by atoms with Crippen molar-refractivity contribution in [2.24, 2.45) is 11.8 Å². The van der Waals surface area contributed by atoms with E-state index in [1.807, 2.05) is 12.1 Å². The van der Waals surface area contributed by atoms with Crippen LogP contribution in [0.2, 0.25) is 0 Å². The molecule has 1 saturated heterocycles. The lowest BCUT2D eigenvalue weighted by Crippen LogP contribution is -2.66. The van der Waals surface area contributed by atoms with Gasteiger partial charge in [0.15, 0.2) is 17.6 Å². The fourth-order valence-corrected chi connectivity index (χ4v) is 5.28. The molecular formula is C17H19NO3. The number of hydrogen-bond donors (Lipinski definition) is 2. The Labute approximate surface area is 123 Å². The number of ether oxygens (including phenoxy) is 1. The van der Waals surface area contributed by atoms with Crippen LogP contribution in [-0.4, -0.2) is 40.9 Å². The Hall–Kier alpha value is -1.52. The number of phenolic OH excluding ortho intramolecular Hbond substituents is 1. The van der Waals surface area contributed by atoms with Crippen LogP contribution in [0.25, 0.3) is 0 Å². The molecule has 110 valence electrons. The van der Waals surface area contributed by atoms with Gasteiger partial charge in [0.25, 0.3) is 0 Å². The number of likely N-dealkylation sites (tertiary alicyclic amines) is 1. The van der Waals surface area contributed by atoms with Crippen molar-refractivity contribution in [2.45, 2.75) is 30.6 Å². The lowest BCUT2D eigenvalue weighted by molar-refractivity contribution is -0.106. The number of piperidine rings is 1. The normalized spacial score (nSPS) is 42.6. The number of aliphatic hydroxyl groups is 1. The molecule has 2 N–H and O–H groups in total. The lowest BCUT2D eigenvalue weighted by atomic mass is 9.56. The van der Waals surface area contributed by atoms with Crippen molar-refractivity contribution in [1.29, 1.82) is 0 Å². The van der Waals surface area contributed by atoms with Crippen molar-refractivity contribution in [3.63, 3.8) is 0 Å². The summed E-state index contributed by atoms with van der Waals surface area (Å²) in [6.07, 6.45) is 5.34. The van der Waals surface area contributed by atoms with Crippen LogP contribution in [-0.2, 0) is 12.0 Å². The molecule has 1 fully saturated rings. The van der Waals surface area contributed by atoms with Gasteiger partial charge in [-0.3, -0.25) is 4.90 Å². The van der Waals surface area contributed by atoms with Gasteiger partial charge in [-0.2, -0.15) is 0 Å². The third-order valence-electron chi connectivity index (χ3n) is 6.09. The standard InChI is InChI=1S/C17H19NO3/c1-18-7-6-9-8-10-2-4-12(19)15-14(10)17(18)11(9)3-5-13(20)16(17)21-15/h2-5,9,11,13,16,19-20H,6-8H2,1H3. The zero-order valence-corrected chi connectivity index (χ0v) is 12.0. The summed E-state index contributed by atoms with van der Waals surface area (Å²) in [6, 6.07) is 3.77. The quantitative estimate of drug-likeness (QED) is 0.708. The first kappa shape index (κ1) is 12.1. The van der Waals surface area contributed by atoms with Crippen molar-refractivity contribution in [3.05, 3.63) is 35.4 Å². The molecule has 2 aliphatic heterocycles. The van der Waals surface area contributed by atoms with Crippen LogP contribution in [0.4, 0.5) is 0 Å². The van der Waals surface area contributed by atoms with Crippen LogP contribution < -0.4 is 4.74 Å². The Morgan fingerprint density at radius 3 is 3.05 bits per heavy atom. The molecule has 0 amide bonds. The highest BCUT2D eigenvalue weighted by Crippen LogP contribution is 2.63. The summed E-state index contributed by atoms with van der Waals surface area (Å²) in [7, 11) is 2.12. The van der Waals surface area contributed by atoms with Crippen LogP contribution in [0.1, 0.15) is 17.5 Å². The van der Waals surface area contributed by atoms with E-state index in [0.29, 0.717) is 17.6 Å². The Balaban J connectivity index is 1.88. The predicted octanol–water partition coefficient (Wildman–Crippen LogP) is 1.40. The van der Waals surface area contributed by atoms with Crippen molar-refractivity contribution in [2.75, 3.05) is 13.6 Å². The van der Waals surface area contributed by atoms with Gasteiger partial charge in [-0.1, -0.05) is 18.2 Å². The minimum absolute atomic E-state index is 0.195. The van der Waals surface area contributed by atoms with Crippen molar-refractivity contribution in [1.82, 2.24) is 4.90 Å². The van der Waals surface area contributed by atoms with Gasteiger partial charge < -0.3 is 14.9 Å².